The molecule has 0 spiro atoms. The Morgan fingerprint density at radius 3 is 1.45 bits per heavy atom. The predicted molar refractivity (Wildman–Crippen MR) is 194 cm³/mol. The number of hydrogen-bond donors (Lipinski definition) is 0. The molecule has 0 bridgehead atoms. The zero-order valence-electron chi connectivity index (χ0n) is 29.4. The fourth-order valence-electron chi connectivity index (χ4n) is 5.18. The third-order valence-electron chi connectivity index (χ3n) is 8.07. The second-order valence-electron chi connectivity index (χ2n) is 12.4. The average Bonchev–Trinajstić information content (AvgIpc) is 3.02. The topological polar surface area (TPSA) is 43.4 Å². The van der Waals surface area contributed by atoms with Gasteiger partial charge in [-0.25, -0.2) is 0 Å². The Hall–Kier alpha value is -1.84. The summed E-state index contributed by atoms with van der Waals surface area (Å²) in [7, 11) is 2.07. The Labute approximate surface area is 275 Å². The van der Waals surface area contributed by atoms with Crippen LogP contribution in [0.15, 0.2) is 48.6 Å². The van der Waals surface area contributed by atoms with E-state index >= 15 is 0 Å². The summed E-state index contributed by atoms with van der Waals surface area (Å²) in [6.45, 7) is 6.67. The van der Waals surface area contributed by atoms with Crippen molar-refractivity contribution < 1.29 is 14.3 Å². The van der Waals surface area contributed by atoms with E-state index in [0.29, 0.717) is 6.42 Å². The maximum Gasteiger partial charge on any atom is 0.313 e. The molecule has 0 N–H and O–H groups in total. The molecule has 1 unspecified atom stereocenters. The monoisotopic (exact) mass is 610 g/mol. The highest BCUT2D eigenvalue weighted by Crippen LogP contribution is 2.20. The lowest BCUT2D eigenvalue weighted by atomic mass is 9.59. The minimum atomic E-state index is -0.377. The van der Waals surface area contributed by atoms with Crippen molar-refractivity contribution in [3.63, 3.8) is 0 Å². The van der Waals surface area contributed by atoms with Gasteiger partial charge in [-0.1, -0.05) is 153 Å². The van der Waals surface area contributed by atoms with Gasteiger partial charge in [-0.2, -0.15) is 0 Å². The number of esters is 2. The second-order valence-corrected chi connectivity index (χ2v) is 12.4. The Balaban J connectivity index is 4.04. The molecule has 3 nitrogen and oxygen atoms in total. The summed E-state index contributed by atoms with van der Waals surface area (Å²) in [5, 5.41) is 0. The van der Waals surface area contributed by atoms with E-state index in [-0.39, 0.29) is 17.8 Å². The molecule has 0 aromatic rings. The van der Waals surface area contributed by atoms with Crippen molar-refractivity contribution in [2.45, 2.75) is 193 Å². The summed E-state index contributed by atoms with van der Waals surface area (Å²) in [6, 6.07) is 0. The first kappa shape index (κ1) is 42.2. The standard InChI is InChI=1S/C40H70BO3/c1-4-7-10-12-14-16-18-20-22-24-26-28-30-32-34-36-39(42)44-40(43)38(41-37-9-6-3)35-33-31-29-27-25-23-21-19-17-15-13-11-8-5-2/h20-23,26-29,38H,4-19,24-25,30-37H2,1-3H3/b22-20-,23-21-,28-26-,29-27-. The van der Waals surface area contributed by atoms with E-state index in [2.05, 4.69) is 76.7 Å². The molecular formula is C40H70BO3. The van der Waals surface area contributed by atoms with Gasteiger partial charge in [0.1, 0.15) is 7.28 Å². The molecule has 0 aromatic carbocycles. The lowest BCUT2D eigenvalue weighted by molar-refractivity contribution is -0.159. The Morgan fingerprint density at radius 1 is 0.523 bits per heavy atom. The molecule has 4 heteroatoms. The van der Waals surface area contributed by atoms with Crippen LogP contribution in [0.25, 0.3) is 0 Å². The molecule has 1 radical (unpaired) electrons. The zero-order chi connectivity index (χ0) is 32.2. The van der Waals surface area contributed by atoms with Crippen molar-refractivity contribution in [3.05, 3.63) is 48.6 Å². The van der Waals surface area contributed by atoms with Crippen molar-refractivity contribution in [3.8, 4) is 0 Å². The van der Waals surface area contributed by atoms with Gasteiger partial charge in [-0.3, -0.25) is 9.59 Å². The Morgan fingerprint density at radius 2 is 0.955 bits per heavy atom. The van der Waals surface area contributed by atoms with E-state index in [1.807, 2.05) is 0 Å². The fraction of sp³-hybridized carbons (Fsp3) is 0.750. The molecule has 0 saturated heterocycles. The fourth-order valence-corrected chi connectivity index (χ4v) is 5.18. The largest absolute Gasteiger partial charge is 0.393 e. The van der Waals surface area contributed by atoms with E-state index in [4.69, 9.17) is 4.74 Å². The van der Waals surface area contributed by atoms with Crippen LogP contribution in [0.4, 0.5) is 0 Å². The van der Waals surface area contributed by atoms with Crippen molar-refractivity contribution in [2.24, 2.45) is 0 Å². The van der Waals surface area contributed by atoms with Gasteiger partial charge in [0, 0.05) is 12.2 Å². The summed E-state index contributed by atoms with van der Waals surface area (Å²) in [5.41, 5.74) is 0. The number of allylic oxidation sites excluding steroid dienone is 8. The highest BCUT2D eigenvalue weighted by atomic mass is 16.6. The van der Waals surface area contributed by atoms with Crippen LogP contribution in [0.1, 0.15) is 181 Å². The number of ether oxygens (including phenoxy) is 1. The maximum absolute atomic E-state index is 12.8. The van der Waals surface area contributed by atoms with Gasteiger partial charge in [0.15, 0.2) is 0 Å². The molecule has 0 saturated carbocycles. The van der Waals surface area contributed by atoms with Crippen molar-refractivity contribution in [2.75, 3.05) is 0 Å². The number of carbonyl (C=O) groups is 2. The van der Waals surface area contributed by atoms with Gasteiger partial charge in [0.05, 0.1) is 0 Å². The lowest BCUT2D eigenvalue weighted by Crippen LogP contribution is -2.21. The molecule has 251 valence electrons. The van der Waals surface area contributed by atoms with Gasteiger partial charge in [0.2, 0.25) is 0 Å². The molecule has 0 aromatic heterocycles. The van der Waals surface area contributed by atoms with Gasteiger partial charge in [-0.15, -0.1) is 0 Å². The summed E-state index contributed by atoms with van der Waals surface area (Å²) in [5.74, 6) is -1.02. The summed E-state index contributed by atoms with van der Waals surface area (Å²) in [6.07, 6.45) is 47.1. The van der Waals surface area contributed by atoms with E-state index in [9.17, 15) is 9.59 Å². The third-order valence-corrected chi connectivity index (χ3v) is 8.07. The van der Waals surface area contributed by atoms with Crippen LogP contribution in [0.5, 0.6) is 0 Å². The van der Waals surface area contributed by atoms with E-state index in [1.165, 1.54) is 89.9 Å². The smallest absolute Gasteiger partial charge is 0.313 e. The van der Waals surface area contributed by atoms with Crippen LogP contribution in [0.2, 0.25) is 12.1 Å². The highest BCUT2D eigenvalue weighted by Gasteiger charge is 2.22. The first-order valence-electron chi connectivity index (χ1n) is 18.8. The lowest BCUT2D eigenvalue weighted by Gasteiger charge is -2.14. The predicted octanol–water partition coefficient (Wildman–Crippen LogP) is 13.0. The first-order chi connectivity index (χ1) is 21.7. The Kier molecular flexibility index (Phi) is 34.2. The van der Waals surface area contributed by atoms with Crippen LogP contribution in [-0.2, 0) is 14.3 Å². The van der Waals surface area contributed by atoms with E-state index in [0.717, 1.165) is 70.5 Å². The summed E-state index contributed by atoms with van der Waals surface area (Å²) < 4.78 is 5.27. The molecule has 0 rings (SSSR count). The van der Waals surface area contributed by atoms with Crippen molar-refractivity contribution >= 4 is 19.2 Å². The number of unbranched alkanes of at least 4 members (excludes halogenated alkanes) is 16. The number of hydrogen-bond acceptors (Lipinski definition) is 3. The van der Waals surface area contributed by atoms with Gasteiger partial charge in [0.25, 0.3) is 0 Å². The highest BCUT2D eigenvalue weighted by molar-refractivity contribution is 6.43. The molecule has 44 heavy (non-hydrogen) atoms. The molecule has 0 heterocycles. The molecule has 0 amide bonds. The quantitative estimate of drug-likeness (QED) is 0.0250. The van der Waals surface area contributed by atoms with Gasteiger partial charge >= 0.3 is 11.9 Å². The van der Waals surface area contributed by atoms with Crippen LogP contribution in [0.3, 0.4) is 0 Å². The minimum absolute atomic E-state index is 0.284. The maximum atomic E-state index is 12.8. The number of rotatable bonds is 32. The van der Waals surface area contributed by atoms with Crippen molar-refractivity contribution in [1.29, 1.82) is 0 Å². The number of carbonyl (C=O) groups excluding carboxylic acids is 2. The molecule has 0 fully saturated rings. The first-order valence-corrected chi connectivity index (χ1v) is 18.8. The van der Waals surface area contributed by atoms with E-state index < -0.39 is 0 Å². The van der Waals surface area contributed by atoms with E-state index in [1.54, 1.807) is 0 Å². The molecule has 1 atom stereocenters. The normalized spacial score (nSPS) is 12.7. The van der Waals surface area contributed by atoms with Crippen LogP contribution >= 0.6 is 0 Å². The average molecular weight is 610 g/mol. The zero-order valence-corrected chi connectivity index (χ0v) is 29.4. The molecule has 0 aliphatic carbocycles. The van der Waals surface area contributed by atoms with Crippen LogP contribution in [0, 0.1) is 0 Å². The van der Waals surface area contributed by atoms with Gasteiger partial charge < -0.3 is 4.74 Å². The van der Waals surface area contributed by atoms with Crippen molar-refractivity contribution in [1.82, 2.24) is 0 Å². The second kappa shape index (κ2) is 35.6. The summed E-state index contributed by atoms with van der Waals surface area (Å²) >= 11 is 0. The SMILES string of the molecule is CCCC[B]C(CCC/C=C\C/C=C\CCCCCCCC)C(=O)OC(=O)CCCC/C=C\C/C=C\CCCCCCCC. The minimum Gasteiger partial charge on any atom is -0.393 e. The Bertz CT molecular complexity index is 752. The molecule has 0 aliphatic rings. The molecular weight excluding hydrogens is 539 g/mol. The third kappa shape index (κ3) is 31.6. The van der Waals surface area contributed by atoms with Crippen LogP contribution in [-0.4, -0.2) is 19.2 Å². The van der Waals surface area contributed by atoms with Crippen LogP contribution < -0.4 is 0 Å². The summed E-state index contributed by atoms with van der Waals surface area (Å²) in [4.78, 5) is 25.1. The van der Waals surface area contributed by atoms with Gasteiger partial charge in [-0.05, 0) is 77.0 Å². The molecule has 0 aliphatic heterocycles.